The molecule has 5 rings (SSSR count). The topological polar surface area (TPSA) is 50.2 Å². The van der Waals surface area contributed by atoms with Gasteiger partial charge in [0.25, 0.3) is 0 Å². The molecule has 0 bridgehead atoms. The van der Waals surface area contributed by atoms with E-state index >= 15 is 4.39 Å². The van der Waals surface area contributed by atoms with Crippen molar-refractivity contribution in [1.29, 1.82) is 0 Å². The largest absolute Gasteiger partial charge is 0.512 e. The maximum Gasteiger partial charge on any atom is 0.162 e. The van der Waals surface area contributed by atoms with Crippen molar-refractivity contribution < 1.29 is 34.4 Å². The molecule has 3 nitrogen and oxygen atoms in total. The molecule has 1 atom stereocenters. The van der Waals surface area contributed by atoms with Gasteiger partial charge in [0.1, 0.15) is 6.17 Å². The van der Waals surface area contributed by atoms with Gasteiger partial charge in [0, 0.05) is 79.2 Å². The molecule has 2 heterocycles. The van der Waals surface area contributed by atoms with E-state index in [1.807, 2.05) is 33.9 Å². The fraction of sp³-hybridized carbons (Fsp3) is 0.442. The van der Waals surface area contributed by atoms with E-state index in [-0.39, 0.29) is 43.5 Å². The third-order valence-corrected chi connectivity index (χ3v) is 12.5. The quantitative estimate of drug-likeness (QED) is 0.0555. The zero-order valence-electron chi connectivity index (χ0n) is 31.3. The van der Waals surface area contributed by atoms with Gasteiger partial charge in [0.15, 0.2) is 5.78 Å². The summed E-state index contributed by atoms with van der Waals surface area (Å²) in [5, 5.41) is 14.5. The molecule has 0 spiro atoms. The Balaban J connectivity index is 0.000000361. The summed E-state index contributed by atoms with van der Waals surface area (Å²) in [6.45, 7) is 19.3. The van der Waals surface area contributed by atoms with Crippen molar-refractivity contribution in [1.82, 2.24) is 4.98 Å². The van der Waals surface area contributed by atoms with Crippen molar-refractivity contribution in [2.45, 2.75) is 111 Å². The Labute approximate surface area is 318 Å². The van der Waals surface area contributed by atoms with Gasteiger partial charge in [-0.15, -0.1) is 40.5 Å². The van der Waals surface area contributed by atoms with Gasteiger partial charge >= 0.3 is 0 Å². The number of aliphatic hydroxyl groups is 1. The second kappa shape index (κ2) is 18.7. The van der Waals surface area contributed by atoms with Gasteiger partial charge in [-0.25, -0.2) is 4.39 Å². The first-order valence-electron chi connectivity index (χ1n) is 18.1. The van der Waals surface area contributed by atoms with Crippen molar-refractivity contribution in [3.63, 3.8) is 0 Å². The van der Waals surface area contributed by atoms with Crippen LogP contribution in [0.15, 0.2) is 72.6 Å². The molecule has 2 aromatic heterocycles. The van der Waals surface area contributed by atoms with Crippen LogP contribution in [-0.2, 0) is 31.3 Å². The van der Waals surface area contributed by atoms with Crippen LogP contribution in [0.2, 0.25) is 25.7 Å². The van der Waals surface area contributed by atoms with Crippen molar-refractivity contribution in [2.24, 2.45) is 11.8 Å². The van der Waals surface area contributed by atoms with Crippen LogP contribution in [0.25, 0.3) is 42.2 Å². The second-order valence-corrected chi connectivity index (χ2v) is 21.4. The smallest absolute Gasteiger partial charge is 0.162 e. The van der Waals surface area contributed by atoms with E-state index in [9.17, 15) is 9.90 Å². The van der Waals surface area contributed by atoms with Crippen LogP contribution in [0.5, 0.6) is 0 Å². The van der Waals surface area contributed by atoms with Crippen molar-refractivity contribution in [3.8, 4) is 11.3 Å². The van der Waals surface area contributed by atoms with Gasteiger partial charge in [-0.3, -0.25) is 9.78 Å². The fourth-order valence-electron chi connectivity index (χ4n) is 6.75. The number of alkyl halides is 1. The molecule has 0 saturated carbocycles. The first-order valence-corrected chi connectivity index (χ1v) is 22.7. The molecule has 1 N–H and O–H groups in total. The minimum absolute atomic E-state index is 0. The fourth-order valence-corrected chi connectivity index (χ4v) is 9.55. The summed E-state index contributed by atoms with van der Waals surface area (Å²) in [6.07, 6.45) is 6.50. The average molecular weight is 889 g/mol. The van der Waals surface area contributed by atoms with Gasteiger partial charge < -0.3 is 5.11 Å². The SMILES string of the molecule is CC(C)c1cc(-c2nccc3c2sc2c(CC(F)C[Si](C)(C)C)cccc23)[c-]c2ccccc12.CCC(CC)C(=O)/C=C(\O)C(CC)CC.[Ir]. The van der Waals surface area contributed by atoms with Crippen LogP contribution in [-0.4, -0.2) is 30.1 Å². The van der Waals surface area contributed by atoms with E-state index < -0.39 is 14.2 Å². The number of benzene rings is 3. The van der Waals surface area contributed by atoms with Gasteiger partial charge in [0.05, 0.1) is 5.76 Å². The normalized spacial score (nSPS) is 12.9. The number of carbonyl (C=O) groups is 1. The maximum atomic E-state index is 15.0. The molecular weight excluding hydrogens is 834 g/mol. The molecule has 7 heteroatoms. The number of hydrogen-bond donors (Lipinski definition) is 1. The molecule has 0 saturated heterocycles. The zero-order chi connectivity index (χ0) is 35.9. The Kier molecular flexibility index (Phi) is 15.6. The number of rotatable bonds is 13. The van der Waals surface area contributed by atoms with Crippen molar-refractivity contribution in [2.75, 3.05) is 0 Å². The summed E-state index contributed by atoms with van der Waals surface area (Å²) in [7, 11) is -1.45. The summed E-state index contributed by atoms with van der Waals surface area (Å²) >= 11 is 1.75. The van der Waals surface area contributed by atoms with Gasteiger partial charge in [-0.05, 0) is 54.7 Å². The van der Waals surface area contributed by atoms with E-state index in [0.717, 1.165) is 52.6 Å². The molecule has 3 aromatic carbocycles. The zero-order valence-corrected chi connectivity index (χ0v) is 35.5. The minimum Gasteiger partial charge on any atom is -0.512 e. The Morgan fingerprint density at radius 2 is 1.52 bits per heavy atom. The number of aliphatic hydroxyl groups excluding tert-OH is 1. The molecule has 0 amide bonds. The Bertz CT molecular complexity index is 1900. The van der Waals surface area contributed by atoms with Gasteiger partial charge in [-0.1, -0.05) is 109 Å². The Morgan fingerprint density at radius 1 is 0.900 bits per heavy atom. The summed E-state index contributed by atoms with van der Waals surface area (Å²) in [5.74, 6) is 0.949. The third kappa shape index (κ3) is 10.2. The van der Waals surface area contributed by atoms with Crippen molar-refractivity contribution in [3.05, 3.63) is 89.8 Å². The van der Waals surface area contributed by atoms with Crippen LogP contribution in [0, 0.1) is 17.9 Å². The van der Waals surface area contributed by atoms with Gasteiger partial charge in [0.2, 0.25) is 0 Å². The predicted molar refractivity (Wildman–Crippen MR) is 214 cm³/mol. The van der Waals surface area contributed by atoms with E-state index in [1.165, 1.54) is 32.5 Å². The standard InChI is InChI=1S/C30H31FNSSi.C13H24O2.Ir/c1-19(2)27-17-22(15-20-9-6-7-11-24(20)27)28-30-26(13-14-32-28)25-12-8-10-21(29(25)33-30)16-23(31)18-34(3,4)5;1-5-10(6-2)12(14)9-13(15)11(7-3)8-4;/h6-14,17,19,23H,16,18H2,1-5H3;9-11,14H,5-8H2,1-4H3;/q-1;;/b;12-9-;. The average Bonchev–Trinajstić information content (AvgIpc) is 3.45. The first kappa shape index (κ1) is 41.7. The second-order valence-electron chi connectivity index (χ2n) is 14.8. The molecule has 0 fully saturated rings. The molecular formula is C43H55FIrNO2SSi-. The van der Waals surface area contributed by atoms with E-state index in [0.29, 0.717) is 18.4 Å². The molecule has 1 radical (unpaired) electrons. The number of carbonyl (C=O) groups excluding carboxylic acids is 1. The molecule has 0 aliphatic carbocycles. The van der Waals surface area contributed by atoms with Crippen LogP contribution < -0.4 is 0 Å². The molecule has 50 heavy (non-hydrogen) atoms. The molecule has 1 unspecified atom stereocenters. The number of pyridine rings is 1. The first-order chi connectivity index (χ1) is 23.3. The summed E-state index contributed by atoms with van der Waals surface area (Å²) in [6, 6.07) is 23.5. The Hall–Kier alpha value is -2.70. The summed E-state index contributed by atoms with van der Waals surface area (Å²) in [4.78, 5) is 16.5. The third-order valence-electron chi connectivity index (χ3n) is 9.54. The Morgan fingerprint density at radius 3 is 2.14 bits per heavy atom. The van der Waals surface area contributed by atoms with Gasteiger partial charge in [-0.2, -0.15) is 0 Å². The predicted octanol–water partition coefficient (Wildman–Crippen LogP) is 13.3. The number of nitrogens with zero attached hydrogens (tertiary/aromatic N) is 1. The van der Waals surface area contributed by atoms with Crippen molar-refractivity contribution >= 4 is 56.1 Å². The molecule has 0 aliphatic heterocycles. The van der Waals surface area contributed by atoms with Crippen LogP contribution in [0.3, 0.4) is 0 Å². The maximum absolute atomic E-state index is 15.0. The van der Waals surface area contributed by atoms with Crippen LogP contribution in [0.1, 0.15) is 84.3 Å². The van der Waals surface area contributed by atoms with Crippen LogP contribution in [0.4, 0.5) is 4.39 Å². The number of hydrogen-bond acceptors (Lipinski definition) is 4. The van der Waals surface area contributed by atoms with E-state index in [1.54, 1.807) is 11.3 Å². The monoisotopic (exact) mass is 889 g/mol. The number of ketones is 1. The number of halogens is 1. The minimum atomic E-state index is -1.45. The number of fused-ring (bicyclic) bond motifs is 4. The summed E-state index contributed by atoms with van der Waals surface area (Å²) in [5.41, 5.74) is 4.43. The molecule has 0 aliphatic rings. The molecule has 5 aromatic rings. The van der Waals surface area contributed by atoms with E-state index in [2.05, 4.69) is 94.2 Å². The summed E-state index contributed by atoms with van der Waals surface area (Å²) < 4.78 is 17.4. The molecule has 271 valence electrons. The van der Waals surface area contributed by atoms with E-state index in [4.69, 9.17) is 4.98 Å². The number of aromatic nitrogens is 1. The number of thiophene rings is 1. The number of allylic oxidation sites excluding steroid dienone is 2. The van der Waals surface area contributed by atoms with Crippen LogP contribution >= 0.6 is 11.3 Å².